The zero-order valence-electron chi connectivity index (χ0n) is 10.2. The summed E-state index contributed by atoms with van der Waals surface area (Å²) in [5.41, 5.74) is 0.927. The van der Waals surface area contributed by atoms with Gasteiger partial charge in [-0.15, -0.1) is 0 Å². The first-order valence-corrected chi connectivity index (χ1v) is 6.02. The van der Waals surface area contributed by atoms with Crippen LogP contribution in [-0.4, -0.2) is 43.8 Å². The van der Waals surface area contributed by atoms with Crippen molar-refractivity contribution in [3.05, 3.63) is 35.9 Å². The maximum atomic E-state index is 11.6. The molecule has 2 rings (SSSR count). The van der Waals surface area contributed by atoms with E-state index in [1.165, 1.54) is 0 Å². The van der Waals surface area contributed by atoms with Gasteiger partial charge in [0.25, 0.3) is 0 Å². The quantitative estimate of drug-likeness (QED) is 0.752. The van der Waals surface area contributed by atoms with Gasteiger partial charge in [0, 0.05) is 31.7 Å². The average Bonchev–Trinajstić information content (AvgIpc) is 2.45. The molecule has 0 unspecified atom stereocenters. The van der Waals surface area contributed by atoms with Crippen LogP contribution in [0.5, 0.6) is 0 Å². The number of carbonyl (C=O) groups excluding carboxylic acids is 1. The van der Waals surface area contributed by atoms with E-state index in [0.29, 0.717) is 13.1 Å². The molecule has 1 fully saturated rings. The lowest BCUT2D eigenvalue weighted by molar-refractivity contribution is 0.109. The third-order valence-corrected chi connectivity index (χ3v) is 2.65. The van der Waals surface area contributed by atoms with Crippen LogP contribution in [0.15, 0.2) is 30.3 Å². The molecule has 0 spiro atoms. The number of piperazine rings is 1. The molecule has 18 heavy (non-hydrogen) atoms. The molecular weight excluding hydrogens is 228 g/mol. The summed E-state index contributed by atoms with van der Waals surface area (Å²) in [4.78, 5) is 13.3. The van der Waals surface area contributed by atoms with Crippen molar-refractivity contribution >= 4 is 6.09 Å². The Morgan fingerprint density at radius 3 is 2.72 bits per heavy atom. The van der Waals surface area contributed by atoms with Crippen LogP contribution in [0, 0.1) is 11.8 Å². The number of nitrogens with one attached hydrogen (secondary N) is 1. The average molecular weight is 244 g/mol. The van der Waals surface area contributed by atoms with Crippen LogP contribution in [-0.2, 0) is 4.74 Å². The highest BCUT2D eigenvalue weighted by Crippen LogP contribution is 1.97. The summed E-state index contributed by atoms with van der Waals surface area (Å²) in [5.74, 6) is 5.78. The Kier molecular flexibility index (Phi) is 4.62. The van der Waals surface area contributed by atoms with Crippen molar-refractivity contribution in [2.75, 3.05) is 32.8 Å². The van der Waals surface area contributed by atoms with E-state index >= 15 is 0 Å². The summed E-state index contributed by atoms with van der Waals surface area (Å²) in [5, 5.41) is 3.18. The minimum atomic E-state index is -0.279. The van der Waals surface area contributed by atoms with Crippen molar-refractivity contribution < 1.29 is 9.53 Å². The van der Waals surface area contributed by atoms with Gasteiger partial charge in [-0.05, 0) is 12.1 Å². The normalized spacial score (nSPS) is 14.6. The zero-order chi connectivity index (χ0) is 12.6. The maximum absolute atomic E-state index is 11.6. The van der Waals surface area contributed by atoms with Gasteiger partial charge in [0.1, 0.15) is 0 Å². The first-order valence-electron chi connectivity index (χ1n) is 6.02. The molecule has 0 radical (unpaired) electrons. The Morgan fingerprint density at radius 2 is 2.00 bits per heavy atom. The van der Waals surface area contributed by atoms with Crippen LogP contribution >= 0.6 is 0 Å². The number of rotatable bonds is 1. The Balaban J connectivity index is 1.75. The highest BCUT2D eigenvalue weighted by Gasteiger charge is 2.16. The second-order valence-electron chi connectivity index (χ2n) is 3.96. The summed E-state index contributed by atoms with van der Waals surface area (Å²) in [7, 11) is 0. The molecular formula is C14H16N2O2. The summed E-state index contributed by atoms with van der Waals surface area (Å²) in [6.07, 6.45) is -0.279. The number of carbonyl (C=O) groups is 1. The predicted octanol–water partition coefficient (Wildman–Crippen LogP) is 1.08. The standard InChI is InChI=1S/C14H16N2O2/c17-14(16-10-8-15-9-11-16)18-12-4-7-13-5-2-1-3-6-13/h1-3,5-6,15H,8-12H2. The van der Waals surface area contributed by atoms with Gasteiger partial charge < -0.3 is 15.0 Å². The third kappa shape index (κ3) is 3.79. The lowest BCUT2D eigenvalue weighted by Gasteiger charge is -2.26. The molecule has 0 aromatic heterocycles. The van der Waals surface area contributed by atoms with Gasteiger partial charge in [-0.2, -0.15) is 0 Å². The molecule has 0 bridgehead atoms. The molecule has 4 heteroatoms. The van der Waals surface area contributed by atoms with E-state index in [4.69, 9.17) is 4.74 Å². The molecule has 1 aliphatic heterocycles. The van der Waals surface area contributed by atoms with Crippen LogP contribution in [0.3, 0.4) is 0 Å². The van der Waals surface area contributed by atoms with Crippen LogP contribution in [0.25, 0.3) is 0 Å². The number of amides is 1. The van der Waals surface area contributed by atoms with Gasteiger partial charge in [-0.1, -0.05) is 30.0 Å². The Hall–Kier alpha value is -1.99. The van der Waals surface area contributed by atoms with E-state index in [1.54, 1.807) is 4.90 Å². The van der Waals surface area contributed by atoms with E-state index in [1.807, 2.05) is 30.3 Å². The molecule has 4 nitrogen and oxygen atoms in total. The lowest BCUT2D eigenvalue weighted by atomic mass is 10.2. The molecule has 0 atom stereocenters. The van der Waals surface area contributed by atoms with E-state index in [0.717, 1.165) is 18.7 Å². The first kappa shape index (κ1) is 12.5. The van der Waals surface area contributed by atoms with E-state index < -0.39 is 0 Å². The summed E-state index contributed by atoms with van der Waals surface area (Å²) >= 11 is 0. The Bertz CT molecular complexity index is 442. The van der Waals surface area contributed by atoms with E-state index in [-0.39, 0.29) is 12.7 Å². The van der Waals surface area contributed by atoms with Gasteiger partial charge in [0.15, 0.2) is 6.61 Å². The molecule has 0 saturated carbocycles. The predicted molar refractivity (Wildman–Crippen MR) is 69.1 cm³/mol. The Morgan fingerprint density at radius 1 is 1.28 bits per heavy atom. The smallest absolute Gasteiger partial charge is 0.410 e. The van der Waals surface area contributed by atoms with Gasteiger partial charge in [0.05, 0.1) is 0 Å². The second kappa shape index (κ2) is 6.67. The fourth-order valence-corrected chi connectivity index (χ4v) is 1.70. The van der Waals surface area contributed by atoms with Gasteiger partial charge in [-0.25, -0.2) is 4.79 Å². The van der Waals surface area contributed by atoms with Crippen LogP contribution in [0.2, 0.25) is 0 Å². The summed E-state index contributed by atoms with van der Waals surface area (Å²) in [6, 6.07) is 9.64. The molecule has 1 aliphatic rings. The fourth-order valence-electron chi connectivity index (χ4n) is 1.70. The largest absolute Gasteiger partial charge is 0.436 e. The number of ether oxygens (including phenoxy) is 1. The van der Waals surface area contributed by atoms with Crippen LogP contribution in [0.4, 0.5) is 4.79 Å². The van der Waals surface area contributed by atoms with Gasteiger partial charge in [-0.3, -0.25) is 0 Å². The minimum Gasteiger partial charge on any atom is -0.436 e. The molecule has 1 aromatic carbocycles. The van der Waals surface area contributed by atoms with Crippen molar-refractivity contribution in [3.8, 4) is 11.8 Å². The second-order valence-corrected chi connectivity index (χ2v) is 3.96. The van der Waals surface area contributed by atoms with Crippen molar-refractivity contribution in [2.45, 2.75) is 0 Å². The van der Waals surface area contributed by atoms with Crippen molar-refractivity contribution in [1.29, 1.82) is 0 Å². The molecule has 1 amide bonds. The molecule has 1 N–H and O–H groups in total. The topological polar surface area (TPSA) is 41.6 Å². The first-order chi connectivity index (χ1) is 8.86. The summed E-state index contributed by atoms with van der Waals surface area (Å²) < 4.78 is 5.09. The molecule has 94 valence electrons. The Labute approximate surface area is 107 Å². The number of hydrogen-bond donors (Lipinski definition) is 1. The van der Waals surface area contributed by atoms with Gasteiger partial charge in [0.2, 0.25) is 0 Å². The van der Waals surface area contributed by atoms with Crippen LogP contribution in [0.1, 0.15) is 5.56 Å². The minimum absolute atomic E-state index is 0.137. The molecule has 0 aliphatic carbocycles. The molecule has 1 saturated heterocycles. The van der Waals surface area contributed by atoms with Crippen molar-refractivity contribution in [2.24, 2.45) is 0 Å². The number of benzene rings is 1. The van der Waals surface area contributed by atoms with Crippen molar-refractivity contribution in [1.82, 2.24) is 10.2 Å². The highest BCUT2D eigenvalue weighted by atomic mass is 16.6. The molecule has 1 aromatic rings. The fraction of sp³-hybridized carbons (Fsp3) is 0.357. The number of nitrogens with zero attached hydrogens (tertiary/aromatic N) is 1. The van der Waals surface area contributed by atoms with E-state index in [2.05, 4.69) is 17.2 Å². The highest BCUT2D eigenvalue weighted by molar-refractivity contribution is 5.68. The van der Waals surface area contributed by atoms with Crippen molar-refractivity contribution in [3.63, 3.8) is 0 Å². The monoisotopic (exact) mass is 244 g/mol. The van der Waals surface area contributed by atoms with Crippen LogP contribution < -0.4 is 5.32 Å². The SMILES string of the molecule is O=C(OCC#Cc1ccccc1)N1CCNCC1. The zero-order valence-corrected chi connectivity index (χ0v) is 10.2. The summed E-state index contributed by atoms with van der Waals surface area (Å²) in [6.45, 7) is 3.18. The number of hydrogen-bond acceptors (Lipinski definition) is 3. The third-order valence-electron chi connectivity index (χ3n) is 2.65. The maximum Gasteiger partial charge on any atom is 0.410 e. The molecule has 1 heterocycles. The van der Waals surface area contributed by atoms with Gasteiger partial charge >= 0.3 is 6.09 Å². The lowest BCUT2D eigenvalue weighted by Crippen LogP contribution is -2.46. The van der Waals surface area contributed by atoms with E-state index in [9.17, 15) is 4.79 Å².